The van der Waals surface area contributed by atoms with Crippen molar-refractivity contribution in [2.75, 3.05) is 39.3 Å². The van der Waals surface area contributed by atoms with Crippen molar-refractivity contribution in [3.8, 4) is 0 Å². The van der Waals surface area contributed by atoms with Gasteiger partial charge in [0.2, 0.25) is 10.0 Å². The van der Waals surface area contributed by atoms with E-state index in [4.69, 9.17) is 5.73 Å². The number of aromatic nitrogens is 1. The number of piperazine rings is 1. The van der Waals surface area contributed by atoms with Crippen molar-refractivity contribution in [2.24, 2.45) is 11.7 Å². The lowest BCUT2D eigenvalue weighted by Gasteiger charge is -2.35. The second kappa shape index (κ2) is 6.62. The van der Waals surface area contributed by atoms with Gasteiger partial charge in [0.15, 0.2) is 0 Å². The van der Waals surface area contributed by atoms with Gasteiger partial charge in [-0.25, -0.2) is 8.42 Å². The summed E-state index contributed by atoms with van der Waals surface area (Å²) in [6.45, 7) is 6.25. The van der Waals surface area contributed by atoms with Gasteiger partial charge in [-0.05, 0) is 24.6 Å². The molecule has 0 bridgehead atoms. The molecule has 2 N–H and O–H groups in total. The third-order valence-electron chi connectivity index (χ3n) is 3.58. The molecule has 6 nitrogen and oxygen atoms in total. The second-order valence-corrected chi connectivity index (χ2v) is 7.17. The van der Waals surface area contributed by atoms with E-state index in [1.165, 1.54) is 10.5 Å². The van der Waals surface area contributed by atoms with Gasteiger partial charge < -0.3 is 10.6 Å². The molecule has 112 valence electrons. The monoisotopic (exact) mass is 298 g/mol. The number of sulfonamides is 1. The van der Waals surface area contributed by atoms with Crippen molar-refractivity contribution in [1.29, 1.82) is 0 Å². The molecule has 0 saturated carbocycles. The van der Waals surface area contributed by atoms with Crippen LogP contribution in [0, 0.1) is 5.92 Å². The molecule has 0 radical (unpaired) electrons. The summed E-state index contributed by atoms with van der Waals surface area (Å²) >= 11 is 0. The molecule has 2 rings (SSSR count). The predicted molar refractivity (Wildman–Crippen MR) is 77.7 cm³/mol. The molecule has 1 atom stereocenters. The van der Waals surface area contributed by atoms with Crippen LogP contribution >= 0.6 is 0 Å². The van der Waals surface area contributed by atoms with Crippen molar-refractivity contribution in [2.45, 2.75) is 11.8 Å². The highest BCUT2D eigenvalue weighted by Crippen LogP contribution is 2.16. The number of rotatable bonds is 5. The van der Waals surface area contributed by atoms with Crippen molar-refractivity contribution >= 4 is 10.0 Å². The molecule has 1 unspecified atom stereocenters. The summed E-state index contributed by atoms with van der Waals surface area (Å²) in [7, 11) is -3.40. The first-order valence-electron chi connectivity index (χ1n) is 6.86. The standard InChI is InChI=1S/C13H22N4O2S/c1-12(9-14)11-16-5-7-17(8-6-16)20(18,19)13-3-2-4-15-10-13/h2-4,10,12H,5-9,11,14H2,1H3. The fourth-order valence-corrected chi connectivity index (χ4v) is 3.70. The summed E-state index contributed by atoms with van der Waals surface area (Å²) in [4.78, 5) is 6.42. The minimum Gasteiger partial charge on any atom is -0.330 e. The van der Waals surface area contributed by atoms with Gasteiger partial charge in [0.05, 0.1) is 0 Å². The van der Waals surface area contributed by atoms with Gasteiger partial charge in [-0.1, -0.05) is 6.92 Å². The molecule has 0 aliphatic carbocycles. The molecule has 1 aliphatic heterocycles. The van der Waals surface area contributed by atoms with Crippen LogP contribution in [0.25, 0.3) is 0 Å². The molecule has 1 fully saturated rings. The number of hydrogen-bond donors (Lipinski definition) is 1. The first-order chi connectivity index (χ1) is 9.54. The van der Waals surface area contributed by atoms with Crippen LogP contribution in [-0.4, -0.2) is 61.9 Å². The largest absolute Gasteiger partial charge is 0.330 e. The van der Waals surface area contributed by atoms with Crippen LogP contribution < -0.4 is 5.73 Å². The van der Waals surface area contributed by atoms with Crippen molar-refractivity contribution in [1.82, 2.24) is 14.2 Å². The van der Waals surface area contributed by atoms with Crippen molar-refractivity contribution in [3.63, 3.8) is 0 Å². The van der Waals surface area contributed by atoms with E-state index in [1.54, 1.807) is 18.3 Å². The van der Waals surface area contributed by atoms with Crippen LogP contribution in [0.3, 0.4) is 0 Å². The third kappa shape index (κ3) is 3.54. The maximum Gasteiger partial charge on any atom is 0.244 e. The van der Waals surface area contributed by atoms with E-state index in [9.17, 15) is 8.42 Å². The van der Waals surface area contributed by atoms with E-state index in [0.29, 0.717) is 25.6 Å². The van der Waals surface area contributed by atoms with Gasteiger partial charge in [-0.15, -0.1) is 0 Å². The van der Waals surface area contributed by atoms with Crippen LogP contribution in [0.4, 0.5) is 0 Å². The van der Waals surface area contributed by atoms with E-state index >= 15 is 0 Å². The lowest BCUT2D eigenvalue weighted by Crippen LogP contribution is -2.49. The van der Waals surface area contributed by atoms with Gasteiger partial charge in [-0.2, -0.15) is 4.31 Å². The second-order valence-electron chi connectivity index (χ2n) is 5.23. The lowest BCUT2D eigenvalue weighted by atomic mass is 10.1. The topological polar surface area (TPSA) is 79.5 Å². The first kappa shape index (κ1) is 15.4. The van der Waals surface area contributed by atoms with Crippen LogP contribution in [0.1, 0.15) is 6.92 Å². The molecule has 1 aromatic rings. The molecule has 0 aromatic carbocycles. The molecule has 1 saturated heterocycles. The summed E-state index contributed by atoms with van der Waals surface area (Å²) in [5, 5.41) is 0. The van der Waals surface area contributed by atoms with Crippen LogP contribution in [0.2, 0.25) is 0 Å². The number of nitrogens with two attached hydrogens (primary N) is 1. The molecule has 1 aromatic heterocycles. The Bertz CT molecular complexity index is 512. The minimum absolute atomic E-state index is 0.267. The minimum atomic E-state index is -3.40. The summed E-state index contributed by atoms with van der Waals surface area (Å²) in [5.41, 5.74) is 5.62. The molecule has 7 heteroatoms. The van der Waals surface area contributed by atoms with Crippen LogP contribution in [0.15, 0.2) is 29.4 Å². The fourth-order valence-electron chi connectivity index (χ4n) is 2.32. The molecule has 1 aliphatic rings. The maximum absolute atomic E-state index is 12.4. The highest BCUT2D eigenvalue weighted by Gasteiger charge is 2.28. The zero-order chi connectivity index (χ0) is 14.6. The zero-order valence-corrected chi connectivity index (χ0v) is 12.6. The SMILES string of the molecule is CC(CN)CN1CCN(S(=O)(=O)c2cccnc2)CC1. The Labute approximate surface area is 120 Å². The molecule has 20 heavy (non-hydrogen) atoms. The van der Waals surface area contributed by atoms with E-state index in [0.717, 1.165) is 19.6 Å². The summed E-state index contributed by atoms with van der Waals surface area (Å²) < 4.78 is 26.4. The van der Waals surface area contributed by atoms with Crippen LogP contribution in [0.5, 0.6) is 0 Å². The van der Waals surface area contributed by atoms with E-state index < -0.39 is 10.0 Å². The van der Waals surface area contributed by atoms with Crippen molar-refractivity contribution in [3.05, 3.63) is 24.5 Å². The average Bonchev–Trinajstić information content (AvgIpc) is 2.48. The number of hydrogen-bond acceptors (Lipinski definition) is 5. The Balaban J connectivity index is 1.97. The predicted octanol–water partition coefficient (Wildman–Crippen LogP) is -0.0173. The molecular formula is C13H22N4O2S. The van der Waals surface area contributed by atoms with E-state index in [-0.39, 0.29) is 4.90 Å². The highest BCUT2D eigenvalue weighted by molar-refractivity contribution is 7.89. The van der Waals surface area contributed by atoms with Crippen LogP contribution in [-0.2, 0) is 10.0 Å². The maximum atomic E-state index is 12.4. The quantitative estimate of drug-likeness (QED) is 0.826. The molecule has 2 heterocycles. The summed E-state index contributed by atoms with van der Waals surface area (Å²) in [5.74, 6) is 0.441. The Morgan fingerprint density at radius 3 is 2.60 bits per heavy atom. The van der Waals surface area contributed by atoms with E-state index in [2.05, 4.69) is 16.8 Å². The van der Waals surface area contributed by atoms with Gasteiger partial charge in [0.25, 0.3) is 0 Å². The summed E-state index contributed by atoms with van der Waals surface area (Å²) in [6, 6.07) is 3.23. The van der Waals surface area contributed by atoms with Gasteiger partial charge in [-0.3, -0.25) is 4.98 Å². The Kier molecular flexibility index (Phi) is 5.09. The van der Waals surface area contributed by atoms with Gasteiger partial charge in [0, 0.05) is 45.1 Å². The Hall–Kier alpha value is -1.02. The smallest absolute Gasteiger partial charge is 0.244 e. The highest BCUT2D eigenvalue weighted by atomic mass is 32.2. The molecule has 0 spiro atoms. The average molecular weight is 298 g/mol. The fraction of sp³-hybridized carbons (Fsp3) is 0.615. The van der Waals surface area contributed by atoms with Gasteiger partial charge >= 0.3 is 0 Å². The van der Waals surface area contributed by atoms with E-state index in [1.807, 2.05) is 0 Å². The first-order valence-corrected chi connectivity index (χ1v) is 8.30. The molecule has 0 amide bonds. The zero-order valence-electron chi connectivity index (χ0n) is 11.8. The summed E-state index contributed by atoms with van der Waals surface area (Å²) in [6.07, 6.45) is 2.98. The van der Waals surface area contributed by atoms with Gasteiger partial charge in [0.1, 0.15) is 4.90 Å². The Morgan fingerprint density at radius 2 is 2.05 bits per heavy atom. The third-order valence-corrected chi connectivity index (χ3v) is 5.46. The Morgan fingerprint density at radius 1 is 1.35 bits per heavy atom. The number of nitrogens with zero attached hydrogens (tertiary/aromatic N) is 3. The molecular weight excluding hydrogens is 276 g/mol. The number of pyridine rings is 1. The lowest BCUT2D eigenvalue weighted by molar-refractivity contribution is 0.170. The normalized spacial score (nSPS) is 19.9. The van der Waals surface area contributed by atoms with Crippen molar-refractivity contribution < 1.29 is 8.42 Å².